The maximum absolute atomic E-state index is 4.12. The van der Waals surface area contributed by atoms with Crippen LogP contribution in [0.5, 0.6) is 0 Å². The summed E-state index contributed by atoms with van der Waals surface area (Å²) in [5.74, 6) is 0. The summed E-state index contributed by atoms with van der Waals surface area (Å²) in [6, 6.07) is 12.6. The highest BCUT2D eigenvalue weighted by Crippen LogP contribution is 2.19. The minimum atomic E-state index is 0.867. The zero-order chi connectivity index (χ0) is 13.8. The van der Waals surface area contributed by atoms with E-state index in [4.69, 9.17) is 0 Å². The fourth-order valence-electron chi connectivity index (χ4n) is 2.55. The van der Waals surface area contributed by atoms with E-state index >= 15 is 0 Å². The summed E-state index contributed by atoms with van der Waals surface area (Å²) in [5, 5.41) is 4.81. The number of pyridine rings is 1. The van der Waals surface area contributed by atoms with Gasteiger partial charge in [-0.25, -0.2) is 0 Å². The Morgan fingerprint density at radius 1 is 1.15 bits per heavy atom. The lowest BCUT2D eigenvalue weighted by Crippen LogP contribution is -2.19. The Balaban J connectivity index is 1.60. The van der Waals surface area contributed by atoms with Gasteiger partial charge >= 0.3 is 0 Å². The molecule has 0 atom stereocenters. The lowest BCUT2D eigenvalue weighted by molar-refractivity contribution is 0.608. The molecule has 3 aromatic rings. The molecule has 20 heavy (non-hydrogen) atoms. The molecule has 0 saturated heterocycles. The van der Waals surface area contributed by atoms with Gasteiger partial charge in [-0.1, -0.05) is 24.3 Å². The first kappa shape index (κ1) is 12.9. The molecule has 0 fully saturated rings. The summed E-state index contributed by atoms with van der Waals surface area (Å²) in [6.07, 6.45) is 5.94. The van der Waals surface area contributed by atoms with Gasteiger partial charge in [-0.05, 0) is 30.2 Å². The van der Waals surface area contributed by atoms with Gasteiger partial charge < -0.3 is 9.88 Å². The molecule has 3 heteroatoms. The third-order valence-electron chi connectivity index (χ3n) is 3.57. The van der Waals surface area contributed by atoms with Gasteiger partial charge in [-0.3, -0.25) is 4.98 Å². The predicted molar refractivity (Wildman–Crippen MR) is 82.6 cm³/mol. The number of para-hydroxylation sites is 1. The van der Waals surface area contributed by atoms with Gasteiger partial charge in [-0.15, -0.1) is 0 Å². The van der Waals surface area contributed by atoms with Crippen molar-refractivity contribution in [3.63, 3.8) is 0 Å². The Kier molecular flexibility index (Phi) is 3.79. The average Bonchev–Trinajstić information content (AvgIpc) is 2.82. The fraction of sp³-hybridized carbons (Fsp3) is 0.235. The molecular weight excluding hydrogens is 246 g/mol. The van der Waals surface area contributed by atoms with Gasteiger partial charge in [-0.2, -0.15) is 0 Å². The Labute approximate surface area is 119 Å². The maximum atomic E-state index is 4.12. The third-order valence-corrected chi connectivity index (χ3v) is 3.57. The second-order valence-corrected chi connectivity index (χ2v) is 5.06. The van der Waals surface area contributed by atoms with Gasteiger partial charge in [0, 0.05) is 49.1 Å². The van der Waals surface area contributed by atoms with E-state index in [2.05, 4.69) is 58.3 Å². The summed E-state index contributed by atoms with van der Waals surface area (Å²) in [7, 11) is 0. The van der Waals surface area contributed by atoms with Crippen molar-refractivity contribution in [2.24, 2.45) is 0 Å². The maximum Gasteiger partial charge on any atom is 0.0483 e. The molecule has 3 rings (SSSR count). The molecule has 0 radical (unpaired) electrons. The number of rotatable bonds is 5. The van der Waals surface area contributed by atoms with Gasteiger partial charge in [0.25, 0.3) is 0 Å². The van der Waals surface area contributed by atoms with E-state index in [1.807, 2.05) is 12.3 Å². The predicted octanol–water partition coefficient (Wildman–Crippen LogP) is 3.13. The molecule has 1 N–H and O–H groups in total. The number of nitrogens with zero attached hydrogens (tertiary/aromatic N) is 2. The van der Waals surface area contributed by atoms with Crippen molar-refractivity contribution < 1.29 is 0 Å². The summed E-state index contributed by atoms with van der Waals surface area (Å²) in [6.45, 7) is 4.97. The second-order valence-electron chi connectivity index (χ2n) is 5.06. The van der Waals surface area contributed by atoms with E-state index in [1.165, 1.54) is 22.0 Å². The van der Waals surface area contributed by atoms with E-state index in [1.54, 1.807) is 6.20 Å². The number of aryl methyl sites for hydroxylation is 1. The molecular formula is C17H19N3. The number of benzene rings is 1. The first-order chi connectivity index (χ1) is 9.84. The van der Waals surface area contributed by atoms with Crippen LogP contribution in [-0.4, -0.2) is 16.1 Å². The Morgan fingerprint density at radius 3 is 2.90 bits per heavy atom. The molecule has 1 aromatic carbocycles. The number of fused-ring (bicyclic) bond motifs is 1. The van der Waals surface area contributed by atoms with Crippen LogP contribution in [-0.2, 0) is 13.1 Å². The van der Waals surface area contributed by atoms with Gasteiger partial charge in [0.1, 0.15) is 0 Å². The minimum Gasteiger partial charge on any atom is -0.346 e. The lowest BCUT2D eigenvalue weighted by atomic mass is 10.2. The molecule has 2 heterocycles. The van der Waals surface area contributed by atoms with E-state index < -0.39 is 0 Å². The first-order valence-corrected chi connectivity index (χ1v) is 6.99. The van der Waals surface area contributed by atoms with Gasteiger partial charge in [0.05, 0.1) is 0 Å². The van der Waals surface area contributed by atoms with Crippen LogP contribution in [0.15, 0.2) is 55.0 Å². The van der Waals surface area contributed by atoms with Crippen LogP contribution in [0.4, 0.5) is 0 Å². The molecule has 0 saturated carbocycles. The quantitative estimate of drug-likeness (QED) is 0.718. The molecule has 0 amide bonds. The standard InChI is InChI=1S/C17H19N3/c1-14-13-20(17-7-3-2-6-16(14)17)10-9-19-12-15-5-4-8-18-11-15/h2-8,11,13,19H,9-10,12H2,1H3. The normalized spacial score (nSPS) is 11.1. The van der Waals surface area contributed by atoms with Gasteiger partial charge in [0.15, 0.2) is 0 Å². The largest absolute Gasteiger partial charge is 0.346 e. The number of aromatic nitrogens is 2. The fourth-order valence-corrected chi connectivity index (χ4v) is 2.55. The molecule has 102 valence electrons. The zero-order valence-electron chi connectivity index (χ0n) is 11.7. The topological polar surface area (TPSA) is 29.9 Å². The second kappa shape index (κ2) is 5.88. The van der Waals surface area contributed by atoms with Crippen molar-refractivity contribution in [2.45, 2.75) is 20.0 Å². The SMILES string of the molecule is Cc1cn(CCNCc2cccnc2)c2ccccc12. The van der Waals surface area contributed by atoms with Crippen LogP contribution in [0, 0.1) is 6.92 Å². The van der Waals surface area contributed by atoms with E-state index in [-0.39, 0.29) is 0 Å². The molecule has 0 aliphatic heterocycles. The molecule has 3 nitrogen and oxygen atoms in total. The molecule has 0 spiro atoms. The number of hydrogen-bond donors (Lipinski definition) is 1. The van der Waals surface area contributed by atoms with Crippen molar-refractivity contribution >= 4 is 10.9 Å². The molecule has 0 bridgehead atoms. The van der Waals surface area contributed by atoms with Crippen LogP contribution in [0.25, 0.3) is 10.9 Å². The summed E-state index contributed by atoms with van der Waals surface area (Å²) < 4.78 is 2.32. The van der Waals surface area contributed by atoms with E-state index in [9.17, 15) is 0 Å². The summed E-state index contributed by atoms with van der Waals surface area (Å²) >= 11 is 0. The van der Waals surface area contributed by atoms with E-state index in [0.717, 1.165) is 19.6 Å². The van der Waals surface area contributed by atoms with Crippen LogP contribution >= 0.6 is 0 Å². The van der Waals surface area contributed by atoms with Crippen LogP contribution in [0.2, 0.25) is 0 Å². The van der Waals surface area contributed by atoms with Crippen LogP contribution < -0.4 is 5.32 Å². The molecule has 0 aliphatic carbocycles. The van der Waals surface area contributed by atoms with Crippen molar-refractivity contribution in [3.8, 4) is 0 Å². The smallest absolute Gasteiger partial charge is 0.0483 e. The third kappa shape index (κ3) is 2.73. The van der Waals surface area contributed by atoms with Crippen molar-refractivity contribution in [1.82, 2.24) is 14.9 Å². The summed E-state index contributed by atoms with van der Waals surface area (Å²) in [5.41, 5.74) is 3.88. The monoisotopic (exact) mass is 265 g/mol. The Hall–Kier alpha value is -2.13. The minimum absolute atomic E-state index is 0.867. The number of nitrogens with one attached hydrogen (secondary N) is 1. The van der Waals surface area contributed by atoms with Gasteiger partial charge in [0.2, 0.25) is 0 Å². The zero-order valence-corrected chi connectivity index (χ0v) is 11.7. The average molecular weight is 265 g/mol. The molecule has 0 unspecified atom stereocenters. The van der Waals surface area contributed by atoms with Crippen molar-refractivity contribution in [2.75, 3.05) is 6.54 Å². The van der Waals surface area contributed by atoms with Crippen LogP contribution in [0.1, 0.15) is 11.1 Å². The first-order valence-electron chi connectivity index (χ1n) is 6.99. The molecule has 2 aromatic heterocycles. The lowest BCUT2D eigenvalue weighted by Gasteiger charge is -2.07. The Bertz CT molecular complexity index is 686. The molecule has 0 aliphatic rings. The van der Waals surface area contributed by atoms with E-state index in [0.29, 0.717) is 0 Å². The van der Waals surface area contributed by atoms with Crippen molar-refractivity contribution in [3.05, 3.63) is 66.1 Å². The summed E-state index contributed by atoms with van der Waals surface area (Å²) in [4.78, 5) is 4.12. The highest BCUT2D eigenvalue weighted by molar-refractivity contribution is 5.83. The van der Waals surface area contributed by atoms with Crippen molar-refractivity contribution in [1.29, 1.82) is 0 Å². The highest BCUT2D eigenvalue weighted by atomic mass is 15.0. The Morgan fingerprint density at radius 2 is 2.05 bits per heavy atom. The number of hydrogen-bond acceptors (Lipinski definition) is 2. The van der Waals surface area contributed by atoms with Crippen LogP contribution in [0.3, 0.4) is 0 Å². The highest BCUT2D eigenvalue weighted by Gasteiger charge is 2.03.